The molecule has 3 heterocycles. The van der Waals surface area contributed by atoms with E-state index in [2.05, 4.69) is 20.3 Å². The highest BCUT2D eigenvalue weighted by Crippen LogP contribution is 2.33. The van der Waals surface area contributed by atoms with Crippen LogP contribution in [0.15, 0.2) is 59.9 Å². The number of benzene rings is 1. The predicted octanol–water partition coefficient (Wildman–Crippen LogP) is 4.85. The molecule has 1 aromatic carbocycles. The van der Waals surface area contributed by atoms with Gasteiger partial charge in [0.1, 0.15) is 11.3 Å². The maximum absolute atomic E-state index is 12.6. The monoisotopic (exact) mass is 477 g/mol. The highest BCUT2D eigenvalue weighted by Gasteiger charge is 2.24. The Morgan fingerprint density at radius 3 is 2.38 bits per heavy atom. The van der Waals surface area contributed by atoms with Crippen LogP contribution in [0.4, 0.5) is 5.82 Å². The molecule has 8 nitrogen and oxygen atoms in total. The number of amides is 1. The first kappa shape index (κ1) is 23.6. The second-order valence-electron chi connectivity index (χ2n) is 9.38. The standard InChI is InChI=1S/C25H27N5O3S/c1-15(2)34(32,33)17-10-8-16(9-11-17)20-14-28-23-21(29-20)19(13-27-23)18-7-6-12-26-22(18)30-24(31)25(3,4)5/h6-15H,1-5H3,(H,27,28)(H,26,30,31). The quantitative estimate of drug-likeness (QED) is 0.424. The molecule has 1 amide bonds. The van der Waals surface area contributed by atoms with Crippen molar-refractivity contribution in [3.63, 3.8) is 0 Å². The number of anilines is 1. The van der Waals surface area contributed by atoms with Gasteiger partial charge in [-0.2, -0.15) is 0 Å². The number of carbonyl (C=O) groups excluding carboxylic acids is 1. The summed E-state index contributed by atoms with van der Waals surface area (Å²) in [7, 11) is -3.35. The third kappa shape index (κ3) is 4.43. The molecule has 0 atom stereocenters. The first-order chi connectivity index (χ1) is 16.0. The van der Waals surface area contributed by atoms with Gasteiger partial charge in [0.2, 0.25) is 5.91 Å². The van der Waals surface area contributed by atoms with Crippen LogP contribution in [-0.2, 0) is 14.6 Å². The molecular weight excluding hydrogens is 450 g/mol. The molecule has 0 radical (unpaired) electrons. The van der Waals surface area contributed by atoms with E-state index in [0.29, 0.717) is 22.7 Å². The molecule has 9 heteroatoms. The van der Waals surface area contributed by atoms with E-state index in [1.807, 2.05) is 26.8 Å². The van der Waals surface area contributed by atoms with Crippen LogP contribution in [0.3, 0.4) is 0 Å². The van der Waals surface area contributed by atoms with E-state index in [0.717, 1.165) is 16.7 Å². The molecule has 176 valence electrons. The topological polar surface area (TPSA) is 118 Å². The van der Waals surface area contributed by atoms with E-state index in [1.165, 1.54) is 0 Å². The van der Waals surface area contributed by atoms with Crippen molar-refractivity contribution in [1.82, 2.24) is 19.9 Å². The summed E-state index contributed by atoms with van der Waals surface area (Å²) in [6, 6.07) is 10.3. The summed E-state index contributed by atoms with van der Waals surface area (Å²) < 4.78 is 24.8. The van der Waals surface area contributed by atoms with Gasteiger partial charge in [0.25, 0.3) is 0 Å². The summed E-state index contributed by atoms with van der Waals surface area (Å²) in [6.07, 6.45) is 5.05. The third-order valence-corrected chi connectivity index (χ3v) is 7.66. The Morgan fingerprint density at radius 2 is 1.74 bits per heavy atom. The highest BCUT2D eigenvalue weighted by atomic mass is 32.2. The lowest BCUT2D eigenvalue weighted by Crippen LogP contribution is -2.28. The molecule has 4 aromatic rings. The zero-order valence-electron chi connectivity index (χ0n) is 19.7. The van der Waals surface area contributed by atoms with Gasteiger partial charge in [-0.1, -0.05) is 32.9 Å². The zero-order chi connectivity index (χ0) is 24.7. The number of pyridine rings is 1. The minimum Gasteiger partial charge on any atom is -0.344 e. The van der Waals surface area contributed by atoms with Crippen LogP contribution in [0.2, 0.25) is 0 Å². The van der Waals surface area contributed by atoms with E-state index in [9.17, 15) is 13.2 Å². The number of fused-ring (bicyclic) bond motifs is 1. The van der Waals surface area contributed by atoms with Crippen molar-refractivity contribution in [3.8, 4) is 22.4 Å². The van der Waals surface area contributed by atoms with E-state index >= 15 is 0 Å². The van der Waals surface area contributed by atoms with Crippen molar-refractivity contribution < 1.29 is 13.2 Å². The molecule has 0 aliphatic heterocycles. The van der Waals surface area contributed by atoms with Gasteiger partial charge in [-0.3, -0.25) is 4.79 Å². The fourth-order valence-electron chi connectivity index (χ4n) is 3.34. The molecule has 0 saturated heterocycles. The molecular formula is C25H27N5O3S. The number of H-pyrrole nitrogens is 1. The second-order valence-corrected chi connectivity index (χ2v) is 11.9. The van der Waals surface area contributed by atoms with Gasteiger partial charge in [0, 0.05) is 34.5 Å². The van der Waals surface area contributed by atoms with E-state index in [-0.39, 0.29) is 10.8 Å². The number of hydrogen-bond donors (Lipinski definition) is 2. The third-order valence-electron chi connectivity index (χ3n) is 5.49. The smallest absolute Gasteiger partial charge is 0.230 e. The average molecular weight is 478 g/mol. The predicted molar refractivity (Wildman–Crippen MR) is 133 cm³/mol. The van der Waals surface area contributed by atoms with E-state index in [4.69, 9.17) is 4.98 Å². The van der Waals surface area contributed by atoms with Crippen molar-refractivity contribution in [2.24, 2.45) is 5.41 Å². The lowest BCUT2D eigenvalue weighted by Gasteiger charge is -2.18. The number of aromatic nitrogens is 4. The normalized spacial score (nSPS) is 12.3. The van der Waals surface area contributed by atoms with Crippen LogP contribution >= 0.6 is 0 Å². The lowest BCUT2D eigenvalue weighted by molar-refractivity contribution is -0.123. The molecule has 0 unspecified atom stereocenters. The number of hydrogen-bond acceptors (Lipinski definition) is 6. The SMILES string of the molecule is CC(C)S(=O)(=O)c1ccc(-c2cnc3[nH]cc(-c4cccnc4NC(=O)C(C)(C)C)c3n2)cc1. The van der Waals surface area contributed by atoms with Crippen molar-refractivity contribution in [1.29, 1.82) is 0 Å². The van der Waals surface area contributed by atoms with Crippen molar-refractivity contribution in [2.75, 3.05) is 5.32 Å². The van der Waals surface area contributed by atoms with Crippen LogP contribution in [-0.4, -0.2) is 39.5 Å². The summed E-state index contributed by atoms with van der Waals surface area (Å²) in [5.74, 6) is 0.300. The van der Waals surface area contributed by atoms with Crippen LogP contribution in [0.1, 0.15) is 34.6 Å². The van der Waals surface area contributed by atoms with Crippen LogP contribution < -0.4 is 5.32 Å². The molecule has 0 aliphatic rings. The molecule has 0 saturated carbocycles. The molecule has 0 spiro atoms. The fraction of sp³-hybridized carbons (Fsp3) is 0.280. The van der Waals surface area contributed by atoms with Crippen molar-refractivity contribution in [3.05, 3.63) is 55.0 Å². The largest absolute Gasteiger partial charge is 0.344 e. The molecule has 3 aromatic heterocycles. The minimum atomic E-state index is -3.35. The van der Waals surface area contributed by atoms with Crippen LogP contribution in [0, 0.1) is 5.41 Å². The second kappa shape index (κ2) is 8.64. The Labute approximate surface area is 198 Å². The first-order valence-corrected chi connectivity index (χ1v) is 12.5. The molecule has 0 bridgehead atoms. The van der Waals surface area contributed by atoms with Gasteiger partial charge in [0.05, 0.1) is 22.0 Å². The maximum atomic E-state index is 12.6. The molecule has 34 heavy (non-hydrogen) atoms. The van der Waals surface area contributed by atoms with Gasteiger partial charge >= 0.3 is 0 Å². The first-order valence-electron chi connectivity index (χ1n) is 10.9. The molecule has 0 fully saturated rings. The molecule has 0 aliphatic carbocycles. The number of aromatic amines is 1. The van der Waals surface area contributed by atoms with Gasteiger partial charge in [-0.15, -0.1) is 0 Å². The lowest BCUT2D eigenvalue weighted by atomic mass is 9.95. The Morgan fingerprint density at radius 1 is 1.03 bits per heavy atom. The summed E-state index contributed by atoms with van der Waals surface area (Å²) in [6.45, 7) is 8.84. The van der Waals surface area contributed by atoms with E-state index in [1.54, 1.807) is 62.8 Å². The fourth-order valence-corrected chi connectivity index (χ4v) is 4.40. The number of nitrogens with zero attached hydrogens (tertiary/aromatic N) is 3. The Hall–Kier alpha value is -3.59. The Bertz CT molecular complexity index is 1470. The number of carbonyl (C=O) groups is 1. The Kier molecular flexibility index (Phi) is 5.99. The van der Waals surface area contributed by atoms with Gasteiger partial charge in [-0.25, -0.2) is 23.4 Å². The highest BCUT2D eigenvalue weighted by molar-refractivity contribution is 7.92. The average Bonchev–Trinajstić information content (AvgIpc) is 3.22. The van der Waals surface area contributed by atoms with Gasteiger partial charge < -0.3 is 10.3 Å². The number of sulfone groups is 1. The number of rotatable bonds is 5. The summed E-state index contributed by atoms with van der Waals surface area (Å²) in [5, 5.41) is 2.41. The van der Waals surface area contributed by atoms with Crippen molar-refractivity contribution >= 4 is 32.7 Å². The van der Waals surface area contributed by atoms with Crippen LogP contribution in [0.5, 0.6) is 0 Å². The van der Waals surface area contributed by atoms with Gasteiger partial charge in [0.15, 0.2) is 15.5 Å². The number of nitrogens with one attached hydrogen (secondary N) is 2. The van der Waals surface area contributed by atoms with E-state index < -0.39 is 20.5 Å². The zero-order valence-corrected chi connectivity index (χ0v) is 20.6. The Balaban J connectivity index is 1.75. The van der Waals surface area contributed by atoms with Gasteiger partial charge in [-0.05, 0) is 38.1 Å². The minimum absolute atomic E-state index is 0.143. The van der Waals surface area contributed by atoms with Crippen molar-refractivity contribution in [2.45, 2.75) is 44.8 Å². The molecule has 2 N–H and O–H groups in total. The summed E-state index contributed by atoms with van der Waals surface area (Å²) >= 11 is 0. The summed E-state index contributed by atoms with van der Waals surface area (Å²) in [5.41, 5.74) is 3.46. The maximum Gasteiger partial charge on any atom is 0.230 e. The molecule has 4 rings (SSSR count). The van der Waals surface area contributed by atoms with Crippen LogP contribution in [0.25, 0.3) is 33.5 Å². The summed E-state index contributed by atoms with van der Waals surface area (Å²) in [4.78, 5) is 29.6.